The number of hydroxylamine groups is 2. The zero-order valence-corrected chi connectivity index (χ0v) is 40.9. The summed E-state index contributed by atoms with van der Waals surface area (Å²) in [5.41, 5.74) is -0.0497. The Labute approximate surface area is 385 Å². The minimum absolute atomic E-state index is 0.0219. The van der Waals surface area contributed by atoms with E-state index >= 15 is 0 Å². The largest absolute Gasteiger partial charge is 0.345 e. The number of carboxylic acids is 1. The first-order chi connectivity index (χ1) is 30.9. The van der Waals surface area contributed by atoms with Crippen LogP contribution < -0.4 is 24.8 Å². The van der Waals surface area contributed by atoms with Crippen molar-refractivity contribution in [3.8, 4) is 0 Å². The molecular formula is C39H55N7O16S2Sn. The first-order valence-corrected chi connectivity index (χ1v) is 33.2. The molecule has 0 aliphatic carbocycles. The van der Waals surface area contributed by atoms with Crippen LogP contribution in [0.2, 0.25) is 14.8 Å². The number of nitrogens with one attached hydrogen (secondary N) is 4. The number of carbonyl (C=O) groups is 9. The summed E-state index contributed by atoms with van der Waals surface area (Å²) in [6.07, 6.45) is 5.40. The maximum atomic E-state index is 13.2. The third kappa shape index (κ3) is 14.9. The van der Waals surface area contributed by atoms with Crippen LogP contribution in [0.3, 0.4) is 0 Å². The number of pyridine rings is 1. The first kappa shape index (κ1) is 52.9. The maximum absolute atomic E-state index is 13.2. The van der Waals surface area contributed by atoms with Gasteiger partial charge in [0.25, 0.3) is 17.7 Å². The number of amides is 7. The summed E-state index contributed by atoms with van der Waals surface area (Å²) in [4.78, 5) is 131. The monoisotopic (exact) mass is 1060 g/mol. The Bertz CT molecular complexity index is 2040. The number of hydrogen-bond donors (Lipinski definition) is 6. The number of rotatable bonds is 26. The number of ether oxygens (including phenoxy) is 1. The second-order valence-electron chi connectivity index (χ2n) is 16.3. The van der Waals surface area contributed by atoms with Crippen LogP contribution in [-0.2, 0) is 63.3 Å². The van der Waals surface area contributed by atoms with E-state index in [9.17, 15) is 52.5 Å². The van der Waals surface area contributed by atoms with Crippen molar-refractivity contribution < 1.29 is 76.7 Å². The van der Waals surface area contributed by atoms with E-state index in [1.54, 1.807) is 0 Å². The molecule has 7 amide bonds. The molecule has 4 unspecified atom stereocenters. The van der Waals surface area contributed by atoms with Crippen molar-refractivity contribution >= 4 is 98.3 Å². The molecule has 0 bridgehead atoms. The molecule has 4 rings (SSSR count). The Balaban J connectivity index is 1.17. The minimum Gasteiger partial charge on any atom is -0.329 e. The van der Waals surface area contributed by atoms with E-state index in [2.05, 4.69) is 50.4 Å². The number of hydrogen-bond acceptors (Lipinski definition) is 17. The summed E-state index contributed by atoms with van der Waals surface area (Å²) in [7, 11) is -1.87. The molecule has 0 spiro atoms. The molecule has 4 heterocycles. The second kappa shape index (κ2) is 25.3. The standard InChI is InChI=1S/C36H46N7O16S2.3CH3.Sn/c1-2-3-4-11-23(35(52)57-43-26(45)17-24(31(43)48)60-59-58-54)30(47)39-14-6-5-12-25(44)41-27-32(49)42-28(34(50)51)22(20-61(55)33(27)42)19-56-36(53)40-16-8-7-15-38-29(46)21-10-9-13-37-18-21;;;;/h10,13,18,23-24,27,33,54H,2-8,11-12,14-17,19-20H2,1H3,(H,38,46)(H,39,47)(H,40,53)(H,41,44)(H,50,51);3*1H3;/t23?,24?,27-,33?,61?;;;;/m1..../s1. The molecule has 3 aliphatic heterocycles. The normalized spacial score (nSPS) is 19.8. The fourth-order valence-corrected chi connectivity index (χ4v) is 12.0. The Morgan fingerprint density at radius 1 is 0.954 bits per heavy atom. The summed E-state index contributed by atoms with van der Waals surface area (Å²) < 4.78 is 23.8. The summed E-state index contributed by atoms with van der Waals surface area (Å²) in [5, 5.41) is 30.1. The van der Waals surface area contributed by atoms with Gasteiger partial charge in [-0.25, -0.2) is 14.8 Å². The number of fused-ring (bicyclic) bond motifs is 1. The Kier molecular flexibility index (Phi) is 20.6. The van der Waals surface area contributed by atoms with Crippen molar-refractivity contribution in [3.63, 3.8) is 0 Å². The smallest absolute Gasteiger partial charge is 0.329 e. The summed E-state index contributed by atoms with van der Waals surface area (Å²) >= 11 is -2.07. The van der Waals surface area contributed by atoms with Gasteiger partial charge in [-0.1, -0.05) is 31.2 Å². The predicted molar refractivity (Wildman–Crippen MR) is 232 cm³/mol. The summed E-state index contributed by atoms with van der Waals surface area (Å²) in [5.74, 6) is -8.52. The zero-order valence-electron chi connectivity index (χ0n) is 36.4. The van der Waals surface area contributed by atoms with Gasteiger partial charge in [-0.3, -0.25) is 33.1 Å². The van der Waals surface area contributed by atoms with E-state index in [4.69, 9.17) is 14.8 Å². The van der Waals surface area contributed by atoms with Gasteiger partial charge >= 0.3 is 141 Å². The fourth-order valence-electron chi connectivity index (χ4n) is 6.80. The van der Waals surface area contributed by atoms with Crippen molar-refractivity contribution in [3.05, 3.63) is 35.3 Å². The predicted octanol–water partition coefficient (Wildman–Crippen LogP) is 0.755. The first-order valence-electron chi connectivity index (χ1n) is 21.0. The van der Waals surface area contributed by atoms with Crippen LogP contribution in [0.4, 0.5) is 4.79 Å². The average molecular weight is 1060 g/mol. The van der Waals surface area contributed by atoms with Gasteiger partial charge in [0.2, 0.25) is 11.8 Å². The van der Waals surface area contributed by atoms with Crippen molar-refractivity contribution in [2.75, 3.05) is 32.0 Å². The van der Waals surface area contributed by atoms with E-state index in [0.717, 1.165) is 14.9 Å². The number of carboxylic acid groups (broad SMARTS) is 1. The minimum atomic E-state index is -2.40. The van der Waals surface area contributed by atoms with Gasteiger partial charge in [0.15, 0.2) is 0 Å². The number of aliphatic carboxylic acids is 1. The summed E-state index contributed by atoms with van der Waals surface area (Å²) in [6, 6.07) is 0.614. The quantitative estimate of drug-likeness (QED) is 0.0109. The molecule has 1 aromatic rings. The number of aromatic nitrogens is 1. The van der Waals surface area contributed by atoms with Gasteiger partial charge in [-0.05, 0) is 19.3 Å². The Morgan fingerprint density at radius 3 is 2.32 bits per heavy atom. The number of carbonyl (C=O) groups excluding carboxylic acids is 8. The molecule has 0 radical (unpaired) electrons. The SMILES string of the molecule is CCCCCC(C(=O)NCCCCC(=O)N[C@@H]1C(=O)N2C(C(=O)O)=C(COC(=O)NCCCCNC(=O)c3cnc[c]([Sn]([CH3])([CH3])[CH3])c3)CS(=O)C12)C(=O)ON1C(=O)CC(SOOO)C1=O. The van der Waals surface area contributed by atoms with Crippen molar-refractivity contribution in [2.45, 2.75) is 103 Å². The van der Waals surface area contributed by atoms with Crippen LogP contribution in [-0.4, -0.2) is 150 Å². The molecule has 1 aromatic heterocycles. The number of imide groups is 1. The molecule has 0 aromatic carbocycles. The van der Waals surface area contributed by atoms with E-state index in [-0.39, 0.29) is 61.1 Å². The number of β-lactam (4-membered cyclic amide) rings is 1. The average Bonchev–Trinajstić information content (AvgIpc) is 3.52. The zero-order chi connectivity index (χ0) is 47.8. The molecule has 0 saturated carbocycles. The summed E-state index contributed by atoms with van der Waals surface area (Å²) in [6.45, 7) is 1.93. The van der Waals surface area contributed by atoms with Gasteiger partial charge in [0.05, 0.1) is 23.0 Å². The van der Waals surface area contributed by atoms with Gasteiger partial charge < -0.3 is 20.6 Å². The Hall–Kier alpha value is -4.70. The van der Waals surface area contributed by atoms with Gasteiger partial charge in [-0.2, -0.15) is 0 Å². The molecule has 3 aliphatic rings. The Morgan fingerprint density at radius 2 is 1.65 bits per heavy atom. The molecule has 358 valence electrons. The second-order valence-corrected chi connectivity index (χ2v) is 33.2. The topological polar surface area (TPSA) is 316 Å². The van der Waals surface area contributed by atoms with Gasteiger partial charge in [0, 0.05) is 30.6 Å². The molecular weight excluding hydrogens is 1010 g/mol. The molecule has 23 nitrogen and oxygen atoms in total. The van der Waals surface area contributed by atoms with E-state index in [1.807, 2.05) is 19.2 Å². The maximum Gasteiger partial charge on any atom is 0.345 e. The van der Waals surface area contributed by atoms with E-state index in [0.29, 0.717) is 49.8 Å². The number of alkyl carbamates (subject to hydrolysis) is 1. The molecule has 26 heteroatoms. The van der Waals surface area contributed by atoms with Crippen molar-refractivity contribution in [1.82, 2.24) is 36.2 Å². The number of unbranched alkanes of at least 4 members (excludes halogenated alkanes) is 4. The molecule has 65 heavy (non-hydrogen) atoms. The van der Waals surface area contributed by atoms with Gasteiger partial charge in [-0.15, -0.1) is 9.40 Å². The van der Waals surface area contributed by atoms with Crippen LogP contribution >= 0.6 is 12.0 Å². The third-order valence-corrected chi connectivity index (χ3v) is 18.5. The van der Waals surface area contributed by atoms with Gasteiger partial charge in [0.1, 0.15) is 34.9 Å². The molecule has 6 N–H and O–H groups in total. The van der Waals surface area contributed by atoms with Crippen LogP contribution in [0.25, 0.3) is 0 Å². The molecule has 2 fully saturated rings. The molecule has 2 saturated heterocycles. The van der Waals surface area contributed by atoms with Crippen LogP contribution in [0.1, 0.15) is 81.5 Å². The van der Waals surface area contributed by atoms with Crippen LogP contribution in [0, 0.1) is 5.92 Å². The van der Waals surface area contributed by atoms with Crippen molar-refractivity contribution in [1.29, 1.82) is 0 Å². The number of nitrogens with zero attached hydrogens (tertiary/aromatic N) is 3. The van der Waals surface area contributed by atoms with Crippen molar-refractivity contribution in [2.24, 2.45) is 5.92 Å². The van der Waals surface area contributed by atoms with Crippen LogP contribution in [0.15, 0.2) is 29.7 Å². The third-order valence-electron chi connectivity index (χ3n) is 10.4. The van der Waals surface area contributed by atoms with Crippen LogP contribution in [0.5, 0.6) is 0 Å². The van der Waals surface area contributed by atoms with E-state index < -0.39 is 118 Å². The fraction of sp³-hybridized carbons (Fsp3) is 0.590. The molecule has 5 atom stereocenters. The van der Waals surface area contributed by atoms with E-state index in [1.165, 1.54) is 6.20 Å².